The number of aromatic nitrogens is 1. The van der Waals surface area contributed by atoms with Crippen LogP contribution in [0.1, 0.15) is 12.0 Å². The number of nitrogen functional groups attached to an aromatic ring is 1. The van der Waals surface area contributed by atoms with Crippen LogP contribution in [-0.4, -0.2) is 37.1 Å². The van der Waals surface area contributed by atoms with Gasteiger partial charge in [0.2, 0.25) is 0 Å². The molecule has 0 saturated heterocycles. The minimum absolute atomic E-state index is 0.792. The van der Waals surface area contributed by atoms with Gasteiger partial charge >= 0.3 is 0 Å². The van der Waals surface area contributed by atoms with Gasteiger partial charge in [0, 0.05) is 24.5 Å². The quantitative estimate of drug-likeness (QED) is 0.717. The van der Waals surface area contributed by atoms with Crippen molar-refractivity contribution in [2.75, 3.05) is 38.2 Å². The Morgan fingerprint density at radius 1 is 1.47 bits per heavy atom. The molecule has 0 aliphatic rings. The molecule has 0 bridgehead atoms. The smallest absolute Gasteiger partial charge is 0.127 e. The normalized spacial score (nSPS) is 10.7. The van der Waals surface area contributed by atoms with Crippen LogP contribution >= 0.6 is 0 Å². The van der Waals surface area contributed by atoms with Crippen molar-refractivity contribution in [1.82, 2.24) is 9.88 Å². The molecular weight excluding hydrogens is 188 g/mol. The summed E-state index contributed by atoms with van der Waals surface area (Å²) in [5.41, 5.74) is 7.60. The van der Waals surface area contributed by atoms with Gasteiger partial charge in [0.25, 0.3) is 0 Å². The lowest BCUT2D eigenvalue weighted by atomic mass is 10.2. The van der Waals surface area contributed by atoms with Crippen molar-refractivity contribution in [2.45, 2.75) is 13.3 Å². The second kappa shape index (κ2) is 5.56. The summed E-state index contributed by atoms with van der Waals surface area (Å²) in [6.45, 7) is 3.96. The number of nitrogens with one attached hydrogen (secondary N) is 1. The van der Waals surface area contributed by atoms with E-state index in [1.165, 1.54) is 0 Å². The van der Waals surface area contributed by atoms with Gasteiger partial charge in [-0.05, 0) is 39.5 Å². The molecule has 0 atom stereocenters. The van der Waals surface area contributed by atoms with Crippen LogP contribution in [0.25, 0.3) is 0 Å². The molecule has 0 fully saturated rings. The fraction of sp³-hybridized carbons (Fsp3) is 0.545. The number of nitrogens with two attached hydrogens (primary N) is 1. The molecule has 1 rings (SSSR count). The molecule has 1 aromatic rings. The monoisotopic (exact) mass is 208 g/mol. The lowest BCUT2D eigenvalue weighted by Gasteiger charge is -2.10. The maximum Gasteiger partial charge on any atom is 0.127 e. The minimum Gasteiger partial charge on any atom is -0.398 e. The van der Waals surface area contributed by atoms with E-state index in [1.54, 1.807) is 6.20 Å². The summed E-state index contributed by atoms with van der Waals surface area (Å²) >= 11 is 0. The SMILES string of the molecule is Cc1cnc(NCCCN(C)C)cc1N. The Bertz CT molecular complexity index is 309. The van der Waals surface area contributed by atoms with Crippen molar-refractivity contribution in [3.05, 3.63) is 17.8 Å². The fourth-order valence-corrected chi connectivity index (χ4v) is 1.25. The molecule has 0 aromatic carbocycles. The molecular formula is C11H20N4. The van der Waals surface area contributed by atoms with Crippen molar-refractivity contribution in [3.63, 3.8) is 0 Å². The summed E-state index contributed by atoms with van der Waals surface area (Å²) in [5.74, 6) is 0.858. The standard InChI is InChI=1S/C11H20N4/c1-9-8-14-11(7-10(9)12)13-5-4-6-15(2)3/h7-8H,4-6H2,1-3H3,(H3,12,13,14). The highest BCUT2D eigenvalue weighted by molar-refractivity contribution is 5.53. The van der Waals surface area contributed by atoms with E-state index in [4.69, 9.17) is 5.73 Å². The second-order valence-corrected chi connectivity index (χ2v) is 4.01. The number of rotatable bonds is 5. The van der Waals surface area contributed by atoms with E-state index in [0.717, 1.165) is 36.6 Å². The zero-order chi connectivity index (χ0) is 11.3. The zero-order valence-corrected chi connectivity index (χ0v) is 9.75. The number of pyridine rings is 1. The first-order valence-electron chi connectivity index (χ1n) is 5.20. The summed E-state index contributed by atoms with van der Waals surface area (Å²) in [6, 6.07) is 1.88. The van der Waals surface area contributed by atoms with Crippen molar-refractivity contribution >= 4 is 11.5 Å². The molecule has 84 valence electrons. The zero-order valence-electron chi connectivity index (χ0n) is 9.75. The molecule has 0 aliphatic heterocycles. The molecule has 0 amide bonds. The maximum atomic E-state index is 5.78. The van der Waals surface area contributed by atoms with Gasteiger partial charge in [-0.15, -0.1) is 0 Å². The number of aryl methyl sites for hydroxylation is 1. The number of hydrogen-bond donors (Lipinski definition) is 2. The van der Waals surface area contributed by atoms with Gasteiger partial charge in [0.1, 0.15) is 5.82 Å². The van der Waals surface area contributed by atoms with Crippen LogP contribution in [0.3, 0.4) is 0 Å². The lowest BCUT2D eigenvalue weighted by molar-refractivity contribution is 0.405. The first-order chi connectivity index (χ1) is 7.09. The van der Waals surface area contributed by atoms with Crippen LogP contribution in [-0.2, 0) is 0 Å². The summed E-state index contributed by atoms with van der Waals surface area (Å²) in [6.07, 6.45) is 2.89. The summed E-state index contributed by atoms with van der Waals surface area (Å²) in [5, 5.41) is 3.25. The summed E-state index contributed by atoms with van der Waals surface area (Å²) in [4.78, 5) is 6.42. The van der Waals surface area contributed by atoms with E-state index >= 15 is 0 Å². The Labute approximate surface area is 91.5 Å². The minimum atomic E-state index is 0.792. The van der Waals surface area contributed by atoms with Gasteiger partial charge in [-0.1, -0.05) is 0 Å². The highest BCUT2D eigenvalue weighted by atomic mass is 15.1. The van der Waals surface area contributed by atoms with Gasteiger partial charge in [-0.2, -0.15) is 0 Å². The number of hydrogen-bond acceptors (Lipinski definition) is 4. The average molecular weight is 208 g/mol. The van der Waals surface area contributed by atoms with Gasteiger partial charge in [0.15, 0.2) is 0 Å². The van der Waals surface area contributed by atoms with Gasteiger partial charge in [0.05, 0.1) is 0 Å². The van der Waals surface area contributed by atoms with Gasteiger partial charge in [-0.3, -0.25) is 0 Å². The molecule has 4 heteroatoms. The second-order valence-electron chi connectivity index (χ2n) is 4.01. The van der Waals surface area contributed by atoms with Crippen LogP contribution in [0.2, 0.25) is 0 Å². The van der Waals surface area contributed by atoms with Crippen molar-refractivity contribution in [3.8, 4) is 0 Å². The number of anilines is 2. The van der Waals surface area contributed by atoms with E-state index < -0.39 is 0 Å². The predicted octanol–water partition coefficient (Wildman–Crippen LogP) is 1.34. The summed E-state index contributed by atoms with van der Waals surface area (Å²) in [7, 11) is 4.14. The van der Waals surface area contributed by atoms with E-state index in [2.05, 4.69) is 29.3 Å². The highest BCUT2D eigenvalue weighted by Crippen LogP contribution is 2.13. The number of nitrogens with zero attached hydrogens (tertiary/aromatic N) is 2. The van der Waals surface area contributed by atoms with Crippen LogP contribution in [0.4, 0.5) is 11.5 Å². The van der Waals surface area contributed by atoms with E-state index in [1.807, 2.05) is 13.0 Å². The maximum absolute atomic E-state index is 5.78. The third kappa shape index (κ3) is 4.16. The van der Waals surface area contributed by atoms with E-state index in [0.29, 0.717) is 0 Å². The van der Waals surface area contributed by atoms with Crippen LogP contribution in [0, 0.1) is 6.92 Å². The average Bonchev–Trinajstić information content (AvgIpc) is 2.18. The Hall–Kier alpha value is -1.29. The van der Waals surface area contributed by atoms with E-state index in [9.17, 15) is 0 Å². The highest BCUT2D eigenvalue weighted by Gasteiger charge is 1.97. The fourth-order valence-electron chi connectivity index (χ4n) is 1.25. The first kappa shape index (κ1) is 11.8. The molecule has 4 nitrogen and oxygen atoms in total. The molecule has 0 radical (unpaired) electrons. The van der Waals surface area contributed by atoms with Crippen molar-refractivity contribution in [1.29, 1.82) is 0 Å². The molecule has 0 aliphatic carbocycles. The Morgan fingerprint density at radius 2 is 2.20 bits per heavy atom. The predicted molar refractivity (Wildman–Crippen MR) is 65.0 cm³/mol. The molecule has 3 N–H and O–H groups in total. The van der Waals surface area contributed by atoms with Crippen LogP contribution in [0.5, 0.6) is 0 Å². The molecule has 15 heavy (non-hydrogen) atoms. The lowest BCUT2D eigenvalue weighted by Crippen LogP contribution is -2.16. The van der Waals surface area contributed by atoms with Gasteiger partial charge < -0.3 is 16.0 Å². The Morgan fingerprint density at radius 3 is 2.80 bits per heavy atom. The first-order valence-corrected chi connectivity index (χ1v) is 5.20. The van der Waals surface area contributed by atoms with Crippen molar-refractivity contribution < 1.29 is 0 Å². The molecule has 1 aromatic heterocycles. The Balaban J connectivity index is 2.35. The topological polar surface area (TPSA) is 54.2 Å². The van der Waals surface area contributed by atoms with Crippen LogP contribution < -0.4 is 11.1 Å². The molecule has 0 unspecified atom stereocenters. The van der Waals surface area contributed by atoms with Crippen molar-refractivity contribution in [2.24, 2.45) is 0 Å². The summed E-state index contributed by atoms with van der Waals surface area (Å²) < 4.78 is 0. The molecule has 0 spiro atoms. The molecule has 0 saturated carbocycles. The third-order valence-corrected chi connectivity index (χ3v) is 2.23. The van der Waals surface area contributed by atoms with E-state index in [-0.39, 0.29) is 0 Å². The third-order valence-electron chi connectivity index (χ3n) is 2.23. The largest absolute Gasteiger partial charge is 0.398 e. The molecule has 1 heterocycles. The van der Waals surface area contributed by atoms with Gasteiger partial charge in [-0.25, -0.2) is 4.98 Å². The Kier molecular flexibility index (Phi) is 4.37. The van der Waals surface area contributed by atoms with Crippen LogP contribution in [0.15, 0.2) is 12.3 Å².